The molecule has 2 atom stereocenters. The Morgan fingerprint density at radius 3 is 2.61 bits per heavy atom. The fourth-order valence-corrected chi connectivity index (χ4v) is 3.26. The van der Waals surface area contributed by atoms with Crippen LogP contribution in [0.4, 0.5) is 5.82 Å². The van der Waals surface area contributed by atoms with Crippen LogP contribution in [0.2, 0.25) is 0 Å². The summed E-state index contributed by atoms with van der Waals surface area (Å²) in [6.45, 7) is 0. The predicted octanol–water partition coefficient (Wildman–Crippen LogP) is 3.03. The fraction of sp³-hybridized carbons (Fsp3) is 0.316. The number of amides is 1. The number of rotatable bonds is 1. The lowest BCUT2D eigenvalue weighted by atomic mass is 9.90. The molecule has 116 valence electrons. The van der Waals surface area contributed by atoms with Crippen LogP contribution >= 0.6 is 0 Å². The lowest BCUT2D eigenvalue weighted by Gasteiger charge is -2.42. The molecule has 0 N–H and O–H groups in total. The molecule has 2 aromatic rings. The van der Waals surface area contributed by atoms with Crippen LogP contribution in [-0.2, 0) is 4.79 Å². The van der Waals surface area contributed by atoms with E-state index >= 15 is 0 Å². The first-order valence-corrected chi connectivity index (χ1v) is 7.54. The van der Waals surface area contributed by atoms with Crippen molar-refractivity contribution >= 4 is 11.7 Å². The molecule has 4 heteroatoms. The monoisotopic (exact) mass is 305 g/mol. The Balaban J connectivity index is 0.00000156. The summed E-state index contributed by atoms with van der Waals surface area (Å²) < 4.78 is 0. The molecule has 0 bridgehead atoms. The Morgan fingerprint density at radius 2 is 1.91 bits per heavy atom. The third kappa shape index (κ3) is 2.70. The minimum atomic E-state index is 0. The number of anilines is 1. The molecule has 23 heavy (non-hydrogen) atoms. The van der Waals surface area contributed by atoms with Crippen molar-refractivity contribution in [3.63, 3.8) is 0 Å². The van der Waals surface area contributed by atoms with Gasteiger partial charge in [0.05, 0.1) is 5.92 Å². The maximum atomic E-state index is 12.1. The number of carbonyl (C=O) groups excluding carboxylic acids is 1. The van der Waals surface area contributed by atoms with Crippen molar-refractivity contribution in [1.29, 1.82) is 0 Å². The van der Waals surface area contributed by atoms with Gasteiger partial charge in [-0.3, -0.25) is 14.7 Å². The van der Waals surface area contributed by atoms with Gasteiger partial charge in [-0.15, -0.1) is 0 Å². The zero-order valence-electron chi connectivity index (χ0n) is 12.1. The molecule has 2 fully saturated rings. The van der Waals surface area contributed by atoms with E-state index < -0.39 is 0 Å². The van der Waals surface area contributed by atoms with Crippen LogP contribution < -0.4 is 4.90 Å². The molecule has 4 nitrogen and oxygen atoms in total. The van der Waals surface area contributed by atoms with Crippen molar-refractivity contribution in [3.8, 4) is 11.8 Å². The normalized spacial score (nSPS) is 21.6. The Morgan fingerprint density at radius 1 is 1.09 bits per heavy atom. The highest BCUT2D eigenvalue weighted by Gasteiger charge is 2.50. The highest BCUT2D eigenvalue weighted by molar-refractivity contribution is 6.02. The number of β-lactam (4-membered cyclic amide) rings is 1. The first-order chi connectivity index (χ1) is 10.8. The Bertz CT molecular complexity index is 759. The van der Waals surface area contributed by atoms with Crippen molar-refractivity contribution < 1.29 is 4.79 Å². The summed E-state index contributed by atoms with van der Waals surface area (Å²) in [5, 5.41) is 0. The molecular weight excluding hydrogens is 286 g/mol. The van der Waals surface area contributed by atoms with E-state index in [1.807, 2.05) is 29.2 Å². The molecule has 2 aromatic heterocycles. The predicted molar refractivity (Wildman–Crippen MR) is 89.8 cm³/mol. The minimum Gasteiger partial charge on any atom is -0.293 e. The van der Waals surface area contributed by atoms with Crippen LogP contribution in [-0.4, -0.2) is 21.9 Å². The Labute approximate surface area is 136 Å². The van der Waals surface area contributed by atoms with E-state index in [1.54, 1.807) is 18.6 Å². The second kappa shape index (κ2) is 6.21. The first kappa shape index (κ1) is 15.2. The first-order valence-electron chi connectivity index (χ1n) is 7.54. The summed E-state index contributed by atoms with van der Waals surface area (Å²) in [5.41, 5.74) is 1.71. The van der Waals surface area contributed by atoms with Gasteiger partial charge in [-0.2, -0.15) is 0 Å². The molecule has 1 aliphatic carbocycles. The summed E-state index contributed by atoms with van der Waals surface area (Å²) in [6.07, 6.45) is 8.46. The molecule has 0 aromatic carbocycles. The summed E-state index contributed by atoms with van der Waals surface area (Å²) in [7, 11) is 0. The number of hydrogen-bond acceptors (Lipinski definition) is 3. The molecular formula is C19H19N3O. The van der Waals surface area contributed by atoms with Crippen LogP contribution in [0.1, 0.15) is 37.8 Å². The average Bonchev–Trinajstić information content (AvgIpc) is 2.99. The number of fused-ring (bicyclic) bond motifs is 1. The largest absolute Gasteiger partial charge is 0.293 e. The van der Waals surface area contributed by atoms with Crippen molar-refractivity contribution in [2.45, 2.75) is 32.7 Å². The van der Waals surface area contributed by atoms with Crippen molar-refractivity contribution in [3.05, 3.63) is 54.0 Å². The highest BCUT2D eigenvalue weighted by Crippen LogP contribution is 2.42. The number of carbonyl (C=O) groups is 1. The maximum absolute atomic E-state index is 12.1. The third-order valence-corrected chi connectivity index (χ3v) is 4.37. The van der Waals surface area contributed by atoms with Gasteiger partial charge in [0.15, 0.2) is 0 Å². The van der Waals surface area contributed by atoms with E-state index in [4.69, 9.17) is 0 Å². The second-order valence-electron chi connectivity index (χ2n) is 5.71. The smallest absolute Gasteiger partial charge is 0.233 e. The molecule has 1 aliphatic heterocycles. The molecule has 1 amide bonds. The topological polar surface area (TPSA) is 46.1 Å². The van der Waals surface area contributed by atoms with E-state index in [1.165, 1.54) is 0 Å². The van der Waals surface area contributed by atoms with E-state index in [2.05, 4.69) is 21.8 Å². The summed E-state index contributed by atoms with van der Waals surface area (Å²) in [6, 6.07) is 7.95. The van der Waals surface area contributed by atoms with Gasteiger partial charge in [-0.1, -0.05) is 25.7 Å². The maximum Gasteiger partial charge on any atom is 0.233 e. The van der Waals surface area contributed by atoms with Gasteiger partial charge < -0.3 is 0 Å². The van der Waals surface area contributed by atoms with E-state index in [0.29, 0.717) is 6.04 Å². The van der Waals surface area contributed by atoms with Crippen molar-refractivity contribution in [1.82, 2.24) is 9.97 Å². The van der Waals surface area contributed by atoms with Crippen LogP contribution in [0.3, 0.4) is 0 Å². The number of pyridine rings is 2. The molecule has 2 aliphatic rings. The Hall–Kier alpha value is -2.67. The zero-order valence-corrected chi connectivity index (χ0v) is 12.1. The molecule has 0 unspecified atom stereocenters. The molecule has 1 saturated heterocycles. The van der Waals surface area contributed by atoms with Crippen molar-refractivity contribution in [2.75, 3.05) is 4.90 Å². The molecule has 4 rings (SSSR count). The highest BCUT2D eigenvalue weighted by atomic mass is 16.2. The molecule has 0 radical (unpaired) electrons. The van der Waals surface area contributed by atoms with Gasteiger partial charge in [0, 0.05) is 35.8 Å². The van der Waals surface area contributed by atoms with E-state index in [0.717, 1.165) is 36.2 Å². The van der Waals surface area contributed by atoms with Gasteiger partial charge in [-0.25, -0.2) is 4.98 Å². The third-order valence-electron chi connectivity index (χ3n) is 4.37. The number of aromatic nitrogens is 2. The van der Waals surface area contributed by atoms with Gasteiger partial charge in [-0.05, 0) is 37.1 Å². The SMILES string of the molecule is C.O=C1[C@H]2CCC[C@H]2N1c1ccc(C#Cc2cccnc2)cn1. The van der Waals surface area contributed by atoms with Crippen LogP contribution in [0.15, 0.2) is 42.9 Å². The summed E-state index contributed by atoms with van der Waals surface area (Å²) >= 11 is 0. The van der Waals surface area contributed by atoms with Crippen LogP contribution in [0.5, 0.6) is 0 Å². The van der Waals surface area contributed by atoms with Crippen molar-refractivity contribution in [2.24, 2.45) is 5.92 Å². The summed E-state index contributed by atoms with van der Waals surface area (Å²) in [4.78, 5) is 22.4. The lowest BCUT2D eigenvalue weighted by molar-refractivity contribution is -0.129. The molecule has 1 saturated carbocycles. The van der Waals surface area contributed by atoms with Crippen LogP contribution in [0.25, 0.3) is 0 Å². The summed E-state index contributed by atoms with van der Waals surface area (Å²) in [5.74, 6) is 7.33. The van der Waals surface area contributed by atoms with Gasteiger partial charge in [0.25, 0.3) is 0 Å². The zero-order chi connectivity index (χ0) is 14.9. The number of hydrogen-bond donors (Lipinski definition) is 0. The second-order valence-corrected chi connectivity index (χ2v) is 5.71. The fourth-order valence-electron chi connectivity index (χ4n) is 3.26. The quantitative estimate of drug-likeness (QED) is 0.601. The number of nitrogens with zero attached hydrogens (tertiary/aromatic N) is 3. The molecule has 3 heterocycles. The van der Waals surface area contributed by atoms with E-state index in [-0.39, 0.29) is 19.3 Å². The van der Waals surface area contributed by atoms with Crippen LogP contribution in [0, 0.1) is 17.8 Å². The van der Waals surface area contributed by atoms with Gasteiger partial charge in [0.1, 0.15) is 5.82 Å². The average molecular weight is 305 g/mol. The van der Waals surface area contributed by atoms with Gasteiger partial charge >= 0.3 is 0 Å². The van der Waals surface area contributed by atoms with E-state index in [9.17, 15) is 4.79 Å². The standard InChI is InChI=1S/C18H15N3O.CH4/c22-18-15-4-1-5-16(15)21(18)17-9-8-14(12-20-17)7-6-13-3-2-10-19-11-13;/h2-3,8-12,15-16H,1,4-5H2;1H4/t15-,16+;/m0./s1. The minimum absolute atomic E-state index is 0. The lowest BCUT2D eigenvalue weighted by Crippen LogP contribution is -2.58. The Kier molecular flexibility index (Phi) is 4.12. The van der Waals surface area contributed by atoms with Gasteiger partial charge in [0.2, 0.25) is 5.91 Å². The molecule has 0 spiro atoms.